The van der Waals surface area contributed by atoms with E-state index in [0.717, 1.165) is 18.5 Å². The summed E-state index contributed by atoms with van der Waals surface area (Å²) in [5.41, 5.74) is 1.96. The summed E-state index contributed by atoms with van der Waals surface area (Å²) in [5, 5.41) is 5.84. The number of amides is 1. The predicted molar refractivity (Wildman–Crippen MR) is 86.0 cm³/mol. The number of rotatable bonds is 4. The maximum absolute atomic E-state index is 11.5. The van der Waals surface area contributed by atoms with Crippen LogP contribution < -0.4 is 10.6 Å². The molecule has 0 spiro atoms. The van der Waals surface area contributed by atoms with Crippen LogP contribution in [0, 0.1) is 0 Å². The minimum atomic E-state index is -0.475. The topological polar surface area (TPSA) is 76.1 Å². The minimum Gasteiger partial charge on any atom is -0.444 e. The highest BCUT2D eigenvalue weighted by Crippen LogP contribution is 2.18. The molecular formula is C16H26N4O2. The number of hydrogen-bond acceptors (Lipinski definition) is 5. The summed E-state index contributed by atoms with van der Waals surface area (Å²) in [6, 6.07) is 0. The van der Waals surface area contributed by atoms with Gasteiger partial charge in [-0.1, -0.05) is 6.42 Å². The molecule has 0 saturated heterocycles. The molecule has 0 radical (unpaired) electrons. The largest absolute Gasteiger partial charge is 0.444 e. The van der Waals surface area contributed by atoms with Crippen molar-refractivity contribution >= 4 is 12.0 Å². The van der Waals surface area contributed by atoms with Crippen LogP contribution in [0.15, 0.2) is 6.20 Å². The summed E-state index contributed by atoms with van der Waals surface area (Å²) < 4.78 is 5.17. The highest BCUT2D eigenvalue weighted by atomic mass is 16.6. The molecule has 1 aliphatic carbocycles. The first-order chi connectivity index (χ1) is 10.4. The molecular weight excluding hydrogens is 280 g/mol. The van der Waals surface area contributed by atoms with E-state index in [9.17, 15) is 4.79 Å². The Labute approximate surface area is 132 Å². The van der Waals surface area contributed by atoms with Crippen LogP contribution in [0.25, 0.3) is 0 Å². The lowest BCUT2D eigenvalue weighted by molar-refractivity contribution is 0.0530. The van der Waals surface area contributed by atoms with Crippen molar-refractivity contribution in [1.29, 1.82) is 0 Å². The molecule has 6 heteroatoms. The lowest BCUT2D eigenvalue weighted by Crippen LogP contribution is -2.35. The van der Waals surface area contributed by atoms with Crippen molar-refractivity contribution in [3.63, 3.8) is 0 Å². The maximum atomic E-state index is 11.5. The van der Waals surface area contributed by atoms with Crippen molar-refractivity contribution in [3.8, 4) is 0 Å². The number of aromatic nitrogens is 2. The van der Waals surface area contributed by atoms with Gasteiger partial charge in [0.25, 0.3) is 0 Å². The number of nitrogens with zero attached hydrogens (tertiary/aromatic N) is 2. The fourth-order valence-electron chi connectivity index (χ4n) is 2.39. The van der Waals surface area contributed by atoms with E-state index in [1.54, 1.807) is 0 Å². The Hall–Kier alpha value is -1.85. The zero-order valence-corrected chi connectivity index (χ0v) is 13.7. The molecule has 0 fully saturated rings. The Morgan fingerprint density at radius 2 is 2.00 bits per heavy atom. The van der Waals surface area contributed by atoms with Crippen LogP contribution in [0.5, 0.6) is 0 Å². The molecule has 1 heterocycles. The minimum absolute atomic E-state index is 0.405. The molecule has 22 heavy (non-hydrogen) atoms. The molecule has 1 aromatic heterocycles. The lowest BCUT2D eigenvalue weighted by atomic mass is 10.1. The average Bonchev–Trinajstić information content (AvgIpc) is 2.66. The number of fused-ring (bicyclic) bond motifs is 1. The first-order valence-electron chi connectivity index (χ1n) is 7.99. The van der Waals surface area contributed by atoms with E-state index in [-0.39, 0.29) is 0 Å². The van der Waals surface area contributed by atoms with Crippen molar-refractivity contribution < 1.29 is 9.53 Å². The van der Waals surface area contributed by atoms with E-state index < -0.39 is 11.7 Å². The van der Waals surface area contributed by atoms with Gasteiger partial charge in [-0.05, 0) is 52.0 Å². The predicted octanol–water partition coefficient (Wildman–Crippen LogP) is 2.68. The van der Waals surface area contributed by atoms with Gasteiger partial charge in [0.1, 0.15) is 5.60 Å². The van der Waals surface area contributed by atoms with Crippen LogP contribution in [0.1, 0.15) is 51.3 Å². The quantitative estimate of drug-likeness (QED) is 0.660. The zero-order valence-electron chi connectivity index (χ0n) is 13.7. The number of nitrogens with one attached hydrogen (secondary N) is 2. The van der Waals surface area contributed by atoms with E-state index >= 15 is 0 Å². The van der Waals surface area contributed by atoms with Gasteiger partial charge in [0, 0.05) is 25.0 Å². The van der Waals surface area contributed by atoms with Crippen LogP contribution in [0.3, 0.4) is 0 Å². The highest BCUT2D eigenvalue weighted by Gasteiger charge is 2.15. The number of alkyl carbamates (subject to hydrolysis) is 1. The number of aryl methyl sites for hydroxylation is 2. The number of carbonyl (C=O) groups is 1. The summed E-state index contributed by atoms with van der Waals surface area (Å²) in [7, 11) is 0. The monoisotopic (exact) mass is 306 g/mol. The third kappa shape index (κ3) is 5.50. The fourth-order valence-corrected chi connectivity index (χ4v) is 2.39. The van der Waals surface area contributed by atoms with Crippen molar-refractivity contribution in [2.45, 2.75) is 58.5 Å². The van der Waals surface area contributed by atoms with Crippen molar-refractivity contribution in [2.24, 2.45) is 0 Å². The van der Waals surface area contributed by atoms with Crippen LogP contribution in [-0.4, -0.2) is 34.8 Å². The number of carbonyl (C=O) groups excluding carboxylic acids is 1. The van der Waals surface area contributed by atoms with Gasteiger partial charge in [-0.25, -0.2) is 14.8 Å². The number of anilines is 1. The summed E-state index contributed by atoms with van der Waals surface area (Å²) in [5.74, 6) is 0.631. The molecule has 0 atom stereocenters. The Bertz CT molecular complexity index is 511. The first-order valence-corrected chi connectivity index (χ1v) is 7.99. The Morgan fingerprint density at radius 1 is 1.23 bits per heavy atom. The van der Waals surface area contributed by atoms with Crippen molar-refractivity contribution in [1.82, 2.24) is 15.3 Å². The van der Waals surface area contributed by atoms with Gasteiger partial charge in [0.2, 0.25) is 5.95 Å². The Morgan fingerprint density at radius 3 is 2.77 bits per heavy atom. The third-order valence-corrected chi connectivity index (χ3v) is 3.39. The molecule has 6 nitrogen and oxygen atoms in total. The van der Waals surface area contributed by atoms with E-state index in [1.807, 2.05) is 27.0 Å². The molecule has 1 amide bonds. The number of ether oxygens (including phenoxy) is 1. The molecule has 122 valence electrons. The second kappa shape index (κ2) is 7.42. The molecule has 0 bridgehead atoms. The summed E-state index contributed by atoms with van der Waals surface area (Å²) in [4.78, 5) is 20.4. The molecule has 2 N–H and O–H groups in total. The summed E-state index contributed by atoms with van der Waals surface area (Å²) >= 11 is 0. The van der Waals surface area contributed by atoms with Crippen LogP contribution in [-0.2, 0) is 17.6 Å². The van der Waals surface area contributed by atoms with Crippen LogP contribution in [0.4, 0.5) is 10.7 Å². The average molecular weight is 306 g/mol. The maximum Gasteiger partial charge on any atom is 0.407 e. The molecule has 0 aromatic carbocycles. The van der Waals surface area contributed by atoms with Gasteiger partial charge in [0.15, 0.2) is 0 Å². The molecule has 0 saturated carbocycles. The van der Waals surface area contributed by atoms with Gasteiger partial charge >= 0.3 is 6.09 Å². The van der Waals surface area contributed by atoms with Crippen LogP contribution >= 0.6 is 0 Å². The van der Waals surface area contributed by atoms with Gasteiger partial charge in [-0.3, -0.25) is 0 Å². The molecule has 0 aliphatic heterocycles. The van der Waals surface area contributed by atoms with Crippen molar-refractivity contribution in [2.75, 3.05) is 18.4 Å². The van der Waals surface area contributed by atoms with Gasteiger partial charge in [-0.2, -0.15) is 0 Å². The van der Waals surface area contributed by atoms with Gasteiger partial charge in [0.05, 0.1) is 0 Å². The van der Waals surface area contributed by atoms with Crippen molar-refractivity contribution in [3.05, 3.63) is 17.5 Å². The lowest BCUT2D eigenvalue weighted by Gasteiger charge is -2.19. The highest BCUT2D eigenvalue weighted by molar-refractivity contribution is 5.67. The smallest absolute Gasteiger partial charge is 0.407 e. The first kappa shape index (κ1) is 16.5. The normalized spacial score (nSPS) is 14.7. The summed E-state index contributed by atoms with van der Waals surface area (Å²) in [6.45, 7) is 6.56. The van der Waals surface area contributed by atoms with Gasteiger partial charge in [-0.15, -0.1) is 0 Å². The zero-order chi connectivity index (χ0) is 16.0. The SMILES string of the molecule is CC(C)(C)OC(=O)NCCNc1ncc2c(n1)CCCCC2. The second-order valence-electron chi connectivity index (χ2n) is 6.58. The van der Waals surface area contributed by atoms with E-state index in [4.69, 9.17) is 4.74 Å². The van der Waals surface area contributed by atoms with Gasteiger partial charge < -0.3 is 15.4 Å². The van der Waals surface area contributed by atoms with E-state index in [1.165, 1.54) is 24.8 Å². The molecule has 0 unspecified atom stereocenters. The summed E-state index contributed by atoms with van der Waals surface area (Å²) in [6.07, 6.45) is 7.32. The third-order valence-electron chi connectivity index (χ3n) is 3.39. The number of hydrogen-bond donors (Lipinski definition) is 2. The molecule has 2 rings (SSSR count). The Kier molecular flexibility index (Phi) is 5.57. The van der Waals surface area contributed by atoms with E-state index in [2.05, 4.69) is 20.6 Å². The van der Waals surface area contributed by atoms with E-state index in [0.29, 0.717) is 19.0 Å². The Balaban J connectivity index is 1.75. The molecule has 1 aliphatic rings. The molecule has 1 aromatic rings. The standard InChI is InChI=1S/C16H26N4O2/c1-16(2,3)22-15(21)18-10-9-17-14-19-11-12-7-5-4-6-8-13(12)20-14/h11H,4-10H2,1-3H3,(H,18,21)(H,17,19,20). The van der Waals surface area contributed by atoms with Crippen LogP contribution in [0.2, 0.25) is 0 Å². The fraction of sp³-hybridized carbons (Fsp3) is 0.688. The second-order valence-corrected chi connectivity index (χ2v) is 6.58.